The van der Waals surface area contributed by atoms with Gasteiger partial charge in [0.2, 0.25) is 0 Å². The van der Waals surface area contributed by atoms with Crippen molar-refractivity contribution in [2.45, 2.75) is 31.7 Å². The first-order valence-corrected chi connectivity index (χ1v) is 8.92. The fourth-order valence-corrected chi connectivity index (χ4v) is 4.14. The lowest BCUT2D eigenvalue weighted by molar-refractivity contribution is 0.0824. The number of piperidine rings is 1. The SMILES string of the molecule is C=CCOC(=O)N1CC[C@@H]2C[C@@H]1c1cc(-c3ccc(C)cc3)ccc12. The van der Waals surface area contributed by atoms with Gasteiger partial charge in [-0.3, -0.25) is 0 Å². The molecule has 2 bridgehead atoms. The number of hydrogen-bond donors (Lipinski definition) is 0. The van der Waals surface area contributed by atoms with Crippen LogP contribution < -0.4 is 0 Å². The van der Waals surface area contributed by atoms with Crippen LogP contribution in [-0.2, 0) is 4.74 Å². The van der Waals surface area contributed by atoms with Crippen LogP contribution in [0.5, 0.6) is 0 Å². The van der Waals surface area contributed by atoms with Crippen molar-refractivity contribution in [3.63, 3.8) is 0 Å². The molecule has 0 radical (unpaired) electrons. The number of nitrogens with zero attached hydrogens (tertiary/aromatic N) is 1. The molecular formula is C22H23NO2. The van der Waals surface area contributed by atoms with Gasteiger partial charge in [-0.2, -0.15) is 0 Å². The molecule has 0 saturated carbocycles. The number of benzene rings is 2. The van der Waals surface area contributed by atoms with Crippen LogP contribution >= 0.6 is 0 Å². The number of carbonyl (C=O) groups is 1. The van der Waals surface area contributed by atoms with Gasteiger partial charge in [0.1, 0.15) is 6.61 Å². The van der Waals surface area contributed by atoms with Crippen LogP contribution in [0.3, 0.4) is 0 Å². The van der Waals surface area contributed by atoms with Gasteiger partial charge in [0.05, 0.1) is 6.04 Å². The van der Waals surface area contributed by atoms with Crippen molar-refractivity contribution in [2.75, 3.05) is 13.2 Å². The van der Waals surface area contributed by atoms with Crippen LogP contribution in [0.2, 0.25) is 0 Å². The summed E-state index contributed by atoms with van der Waals surface area (Å²) in [5, 5.41) is 0. The molecule has 3 heteroatoms. The normalized spacial score (nSPS) is 20.9. The van der Waals surface area contributed by atoms with Gasteiger partial charge < -0.3 is 9.64 Å². The molecule has 2 aromatic rings. The Balaban J connectivity index is 1.66. The Hall–Kier alpha value is -2.55. The Morgan fingerprint density at radius 2 is 1.96 bits per heavy atom. The number of fused-ring (bicyclic) bond motifs is 5. The van der Waals surface area contributed by atoms with Crippen molar-refractivity contribution in [1.29, 1.82) is 0 Å². The van der Waals surface area contributed by atoms with E-state index in [0.29, 0.717) is 5.92 Å². The average Bonchev–Trinajstić information content (AvgIpc) is 2.92. The number of carbonyl (C=O) groups excluding carboxylic acids is 1. The second-order valence-electron chi connectivity index (χ2n) is 7.01. The molecule has 1 fully saturated rings. The second kappa shape index (κ2) is 6.40. The summed E-state index contributed by atoms with van der Waals surface area (Å²) in [5.74, 6) is 0.565. The molecule has 2 aliphatic rings. The molecule has 0 unspecified atom stereocenters. The molecule has 1 amide bonds. The molecule has 4 rings (SSSR count). The van der Waals surface area contributed by atoms with E-state index in [2.05, 4.69) is 56.0 Å². The standard InChI is InChI=1S/C22H23NO2/c1-3-12-25-22(24)23-11-10-18-14-21(23)20-13-17(8-9-19(18)20)16-6-4-15(2)5-7-16/h3-9,13,18,21H,1,10-12,14H2,2H3/t18-,21-/m1/s1. The highest BCUT2D eigenvalue weighted by atomic mass is 16.6. The lowest BCUT2D eigenvalue weighted by Crippen LogP contribution is -2.37. The van der Waals surface area contributed by atoms with E-state index in [1.165, 1.54) is 27.8 Å². The van der Waals surface area contributed by atoms with Crippen LogP contribution in [-0.4, -0.2) is 24.1 Å². The van der Waals surface area contributed by atoms with Gasteiger partial charge in [0, 0.05) is 6.54 Å². The summed E-state index contributed by atoms with van der Waals surface area (Å²) in [5.41, 5.74) is 6.38. The van der Waals surface area contributed by atoms with Crippen molar-refractivity contribution in [3.05, 3.63) is 71.8 Å². The lowest BCUT2D eigenvalue weighted by Gasteiger charge is -2.32. The molecule has 0 spiro atoms. The molecule has 1 heterocycles. The summed E-state index contributed by atoms with van der Waals surface area (Å²) in [6.07, 6.45) is 3.41. The number of likely N-dealkylation sites (tertiary alicyclic amines) is 1. The first-order chi connectivity index (χ1) is 12.2. The minimum atomic E-state index is -0.225. The zero-order valence-electron chi connectivity index (χ0n) is 14.6. The summed E-state index contributed by atoms with van der Waals surface area (Å²) in [7, 11) is 0. The third kappa shape index (κ3) is 2.84. The Bertz CT molecular complexity index is 809. The van der Waals surface area contributed by atoms with Crippen LogP contribution in [0, 0.1) is 6.92 Å². The molecule has 2 atom stereocenters. The maximum absolute atomic E-state index is 12.4. The summed E-state index contributed by atoms with van der Waals surface area (Å²) in [6.45, 7) is 6.75. The lowest BCUT2D eigenvalue weighted by atomic mass is 9.95. The van der Waals surface area contributed by atoms with Crippen LogP contribution in [0.15, 0.2) is 55.1 Å². The van der Waals surface area contributed by atoms with Gasteiger partial charge in [-0.15, -0.1) is 0 Å². The molecule has 3 nitrogen and oxygen atoms in total. The number of hydrogen-bond acceptors (Lipinski definition) is 2. The van der Waals surface area contributed by atoms with E-state index < -0.39 is 0 Å². The third-order valence-corrected chi connectivity index (χ3v) is 5.43. The molecule has 0 aromatic heterocycles. The number of amides is 1. The fraction of sp³-hybridized carbons (Fsp3) is 0.318. The maximum Gasteiger partial charge on any atom is 0.410 e. The van der Waals surface area contributed by atoms with E-state index in [9.17, 15) is 4.79 Å². The van der Waals surface area contributed by atoms with Crippen molar-refractivity contribution >= 4 is 6.09 Å². The zero-order valence-corrected chi connectivity index (χ0v) is 14.6. The first-order valence-electron chi connectivity index (χ1n) is 8.92. The Kier molecular flexibility index (Phi) is 4.08. The highest BCUT2D eigenvalue weighted by molar-refractivity contribution is 5.71. The van der Waals surface area contributed by atoms with Crippen molar-refractivity contribution in [3.8, 4) is 11.1 Å². The van der Waals surface area contributed by atoms with Crippen molar-refractivity contribution in [1.82, 2.24) is 4.90 Å². The average molecular weight is 333 g/mol. The van der Waals surface area contributed by atoms with E-state index >= 15 is 0 Å². The summed E-state index contributed by atoms with van der Waals surface area (Å²) in [6, 6.07) is 15.5. The minimum Gasteiger partial charge on any atom is -0.445 e. The van der Waals surface area contributed by atoms with Gasteiger partial charge in [0.25, 0.3) is 0 Å². The molecule has 25 heavy (non-hydrogen) atoms. The minimum absolute atomic E-state index is 0.136. The third-order valence-electron chi connectivity index (χ3n) is 5.43. The highest BCUT2D eigenvalue weighted by Gasteiger charge is 2.41. The Morgan fingerprint density at radius 1 is 1.20 bits per heavy atom. The van der Waals surface area contributed by atoms with E-state index in [4.69, 9.17) is 4.74 Å². The molecule has 128 valence electrons. The smallest absolute Gasteiger partial charge is 0.410 e. The quantitative estimate of drug-likeness (QED) is 0.721. The Labute approximate surface area is 148 Å². The van der Waals surface area contributed by atoms with Gasteiger partial charge in [-0.25, -0.2) is 4.79 Å². The van der Waals surface area contributed by atoms with E-state index in [-0.39, 0.29) is 18.7 Å². The predicted octanol–water partition coefficient (Wildman–Crippen LogP) is 5.22. The maximum atomic E-state index is 12.4. The topological polar surface area (TPSA) is 29.5 Å². The van der Waals surface area contributed by atoms with Crippen LogP contribution in [0.4, 0.5) is 4.79 Å². The zero-order chi connectivity index (χ0) is 17.4. The molecular weight excluding hydrogens is 310 g/mol. The van der Waals surface area contributed by atoms with E-state index in [1.54, 1.807) is 6.08 Å². The molecule has 1 aliphatic heterocycles. The van der Waals surface area contributed by atoms with E-state index in [1.807, 2.05) is 4.90 Å². The summed E-state index contributed by atoms with van der Waals surface area (Å²) < 4.78 is 5.29. The number of ether oxygens (including phenoxy) is 1. The number of rotatable bonds is 3. The molecule has 1 saturated heterocycles. The molecule has 1 aliphatic carbocycles. The first kappa shape index (κ1) is 15.9. The van der Waals surface area contributed by atoms with Crippen molar-refractivity contribution in [2.24, 2.45) is 0 Å². The van der Waals surface area contributed by atoms with Gasteiger partial charge in [-0.1, -0.05) is 54.6 Å². The second-order valence-corrected chi connectivity index (χ2v) is 7.01. The fourth-order valence-electron chi connectivity index (χ4n) is 4.14. The van der Waals surface area contributed by atoms with Gasteiger partial charge >= 0.3 is 6.09 Å². The number of aryl methyl sites for hydroxylation is 1. The largest absolute Gasteiger partial charge is 0.445 e. The summed E-state index contributed by atoms with van der Waals surface area (Å²) >= 11 is 0. The Morgan fingerprint density at radius 3 is 2.72 bits per heavy atom. The highest BCUT2D eigenvalue weighted by Crippen LogP contribution is 2.49. The predicted molar refractivity (Wildman–Crippen MR) is 99.6 cm³/mol. The van der Waals surface area contributed by atoms with Crippen molar-refractivity contribution < 1.29 is 9.53 Å². The van der Waals surface area contributed by atoms with Gasteiger partial charge in [-0.05, 0) is 54.0 Å². The summed E-state index contributed by atoms with van der Waals surface area (Å²) in [4.78, 5) is 14.3. The monoisotopic (exact) mass is 333 g/mol. The van der Waals surface area contributed by atoms with Crippen LogP contribution in [0.25, 0.3) is 11.1 Å². The molecule has 0 N–H and O–H groups in total. The van der Waals surface area contributed by atoms with E-state index in [0.717, 1.165) is 19.4 Å². The van der Waals surface area contributed by atoms with Crippen LogP contribution in [0.1, 0.15) is 41.5 Å². The van der Waals surface area contributed by atoms with Gasteiger partial charge in [0.15, 0.2) is 0 Å². The molecule has 2 aromatic carbocycles.